The minimum absolute atomic E-state index is 0.00929. The highest BCUT2D eigenvalue weighted by atomic mass is 35.5. The van der Waals surface area contributed by atoms with Crippen LogP contribution in [0.4, 0.5) is 11.4 Å². The van der Waals surface area contributed by atoms with Gasteiger partial charge in [0.2, 0.25) is 11.7 Å². The summed E-state index contributed by atoms with van der Waals surface area (Å²) in [6.07, 6.45) is 0. The topological polar surface area (TPSA) is 134 Å². The van der Waals surface area contributed by atoms with Crippen LogP contribution in [0, 0.1) is 0 Å². The van der Waals surface area contributed by atoms with E-state index in [0.29, 0.717) is 21.7 Å². The van der Waals surface area contributed by atoms with Gasteiger partial charge < -0.3 is 15.5 Å². The monoisotopic (exact) mass is 525 g/mol. The fraction of sp³-hybridized carbons (Fsp3) is 0.0833. The molecule has 0 saturated heterocycles. The number of ketones is 1. The summed E-state index contributed by atoms with van der Waals surface area (Å²) in [4.78, 5) is 27.5. The molecule has 11 heteroatoms. The van der Waals surface area contributed by atoms with Gasteiger partial charge in [0.15, 0.2) is 5.76 Å². The molecule has 1 aromatic heterocycles. The Labute approximate surface area is 215 Å². The number of thiol groups is 1. The number of nitrogen functional groups attached to an aromatic ring is 1. The summed E-state index contributed by atoms with van der Waals surface area (Å²) in [5.41, 5.74) is 17.8. The van der Waals surface area contributed by atoms with Crippen molar-refractivity contribution in [2.45, 2.75) is 6.04 Å². The van der Waals surface area contributed by atoms with Crippen LogP contribution in [-0.4, -0.2) is 23.5 Å². The van der Waals surface area contributed by atoms with Crippen molar-refractivity contribution in [1.82, 2.24) is 0 Å². The summed E-state index contributed by atoms with van der Waals surface area (Å²) in [5, 5.41) is 7.34. The molecule has 35 heavy (non-hydrogen) atoms. The molecule has 3 aromatic carbocycles. The Bertz CT molecular complexity index is 1510. The van der Waals surface area contributed by atoms with Gasteiger partial charge in [-0.05, 0) is 64.2 Å². The molecule has 4 aromatic rings. The molecule has 0 fully saturated rings. The van der Waals surface area contributed by atoms with Gasteiger partial charge in [-0.25, -0.2) is 0 Å². The summed E-state index contributed by atoms with van der Waals surface area (Å²) >= 11 is 16.3. The number of nitrogens with one attached hydrogen (secondary N) is 1. The van der Waals surface area contributed by atoms with E-state index in [1.54, 1.807) is 24.3 Å². The molecule has 0 aliphatic heterocycles. The van der Waals surface area contributed by atoms with Gasteiger partial charge in [-0.3, -0.25) is 9.59 Å². The molecule has 0 aliphatic carbocycles. The molecule has 0 spiro atoms. The smallest absolute Gasteiger partial charge is 0.241 e. The normalized spacial score (nSPS) is 11.6. The van der Waals surface area contributed by atoms with Gasteiger partial charge in [0.25, 0.3) is 0 Å². The Morgan fingerprint density at radius 2 is 1.89 bits per heavy atom. The van der Waals surface area contributed by atoms with Crippen LogP contribution in [0.3, 0.4) is 0 Å². The molecule has 8 nitrogen and oxygen atoms in total. The number of furan rings is 1. The number of fused-ring (bicyclic) bond motifs is 1. The number of halogens is 2. The maximum Gasteiger partial charge on any atom is 0.241 e. The van der Waals surface area contributed by atoms with Gasteiger partial charge in [0.05, 0.1) is 10.7 Å². The molecular formula is C24H17Cl2N5O3S. The lowest BCUT2D eigenvalue weighted by atomic mass is 10.0. The van der Waals surface area contributed by atoms with Crippen LogP contribution in [0.25, 0.3) is 32.5 Å². The second-order valence-corrected chi connectivity index (χ2v) is 8.71. The molecule has 0 bridgehead atoms. The first-order valence-electron chi connectivity index (χ1n) is 10.2. The molecule has 1 atom stereocenters. The van der Waals surface area contributed by atoms with Crippen molar-refractivity contribution in [3.05, 3.63) is 92.5 Å². The van der Waals surface area contributed by atoms with E-state index in [1.165, 1.54) is 12.1 Å². The van der Waals surface area contributed by atoms with Crippen molar-refractivity contribution in [3.63, 3.8) is 0 Å². The second-order valence-electron chi connectivity index (χ2n) is 7.50. The van der Waals surface area contributed by atoms with E-state index in [1.807, 2.05) is 24.3 Å². The highest BCUT2D eigenvalue weighted by Gasteiger charge is 2.22. The number of azide groups is 1. The first kappa shape index (κ1) is 24.5. The lowest BCUT2D eigenvalue weighted by Crippen LogP contribution is -2.29. The van der Waals surface area contributed by atoms with Crippen LogP contribution in [0.5, 0.6) is 0 Å². The number of nitrogens with zero attached hydrogens (tertiary/aromatic N) is 3. The zero-order chi connectivity index (χ0) is 25.1. The predicted molar refractivity (Wildman–Crippen MR) is 141 cm³/mol. The van der Waals surface area contributed by atoms with Crippen molar-refractivity contribution in [3.8, 4) is 11.1 Å². The van der Waals surface area contributed by atoms with E-state index in [2.05, 4.69) is 28.0 Å². The van der Waals surface area contributed by atoms with Gasteiger partial charge in [-0.15, -0.1) is 0 Å². The zero-order valence-electron chi connectivity index (χ0n) is 17.9. The number of rotatable bonds is 7. The average Bonchev–Trinajstić information content (AvgIpc) is 3.18. The number of anilines is 2. The van der Waals surface area contributed by atoms with E-state index in [-0.39, 0.29) is 27.8 Å². The molecule has 1 amide bonds. The van der Waals surface area contributed by atoms with E-state index in [4.69, 9.17) is 38.9 Å². The number of hydrogen-bond acceptors (Lipinski definition) is 6. The van der Waals surface area contributed by atoms with Crippen LogP contribution >= 0.6 is 35.8 Å². The summed E-state index contributed by atoms with van der Waals surface area (Å²) < 4.78 is 5.85. The van der Waals surface area contributed by atoms with Crippen molar-refractivity contribution in [2.75, 3.05) is 16.8 Å². The molecule has 0 aliphatic rings. The number of carbonyl (C=O) groups excluding carboxylic acids is 2. The number of carbonyl (C=O) groups is 2. The highest BCUT2D eigenvalue weighted by Crippen LogP contribution is 2.35. The van der Waals surface area contributed by atoms with Crippen LogP contribution < -0.4 is 11.1 Å². The maximum absolute atomic E-state index is 13.0. The van der Waals surface area contributed by atoms with Crippen LogP contribution in [-0.2, 0) is 4.79 Å². The van der Waals surface area contributed by atoms with Crippen molar-refractivity contribution in [2.24, 2.45) is 5.11 Å². The Morgan fingerprint density at radius 1 is 1.11 bits per heavy atom. The van der Waals surface area contributed by atoms with Crippen LogP contribution in [0.2, 0.25) is 10.0 Å². The third kappa shape index (κ3) is 5.08. The summed E-state index contributed by atoms with van der Waals surface area (Å²) in [6, 6.07) is 16.5. The van der Waals surface area contributed by atoms with Gasteiger partial charge >= 0.3 is 0 Å². The summed E-state index contributed by atoms with van der Waals surface area (Å²) in [6.45, 7) is 0. The molecule has 0 radical (unpaired) electrons. The Hall–Kier alpha value is -3.62. The zero-order valence-corrected chi connectivity index (χ0v) is 20.3. The third-order valence-electron chi connectivity index (χ3n) is 5.27. The minimum atomic E-state index is -0.773. The standard InChI is InChI=1S/C24H17Cl2N5O3S/c25-14-5-7-16(18(26)10-14)22(32)23-21(27)17-6-4-13(9-20(17)34-23)12-2-1-3-15(8-12)29-19(11-35)24(33)30-31-28/h1-10,19,29,35H,11,27H2/t19-/m0/s1. The van der Waals surface area contributed by atoms with E-state index in [9.17, 15) is 9.59 Å². The largest absolute Gasteiger partial charge is 0.450 e. The number of hydrogen-bond donors (Lipinski definition) is 3. The summed E-state index contributed by atoms with van der Waals surface area (Å²) in [5.74, 6) is -0.965. The fourth-order valence-electron chi connectivity index (χ4n) is 3.55. The highest BCUT2D eigenvalue weighted by molar-refractivity contribution is 7.80. The number of nitrogens with two attached hydrogens (primary N) is 1. The molecule has 4 rings (SSSR count). The average molecular weight is 526 g/mol. The van der Waals surface area contributed by atoms with Gasteiger partial charge in [-0.2, -0.15) is 12.6 Å². The molecule has 176 valence electrons. The quantitative estimate of drug-likeness (QED) is 0.0804. The van der Waals surface area contributed by atoms with E-state index < -0.39 is 17.7 Å². The lowest BCUT2D eigenvalue weighted by Gasteiger charge is -2.15. The molecule has 0 unspecified atom stereocenters. The SMILES string of the molecule is [N-]=[N+]=NC(=O)[C@H](CS)Nc1cccc(-c2ccc3c(N)c(C(=O)c4ccc(Cl)cc4Cl)oc3c2)c1. The summed E-state index contributed by atoms with van der Waals surface area (Å²) in [7, 11) is 0. The Kier molecular flexibility index (Phi) is 7.23. The van der Waals surface area contributed by atoms with E-state index >= 15 is 0 Å². The van der Waals surface area contributed by atoms with Crippen molar-refractivity contribution in [1.29, 1.82) is 0 Å². The third-order valence-corrected chi connectivity index (χ3v) is 6.18. The van der Waals surface area contributed by atoms with Crippen molar-refractivity contribution >= 4 is 69.9 Å². The van der Waals surface area contributed by atoms with Gasteiger partial charge in [-0.1, -0.05) is 41.4 Å². The maximum atomic E-state index is 13.0. The van der Waals surface area contributed by atoms with Gasteiger partial charge in [0, 0.05) is 32.3 Å². The van der Waals surface area contributed by atoms with Crippen LogP contribution in [0.1, 0.15) is 16.1 Å². The minimum Gasteiger partial charge on any atom is -0.450 e. The second kappa shape index (κ2) is 10.3. The molecule has 0 saturated carbocycles. The Balaban J connectivity index is 1.67. The number of amides is 1. The van der Waals surface area contributed by atoms with Crippen molar-refractivity contribution < 1.29 is 14.0 Å². The predicted octanol–water partition coefficient (Wildman–Crippen LogP) is 6.77. The first-order valence-corrected chi connectivity index (χ1v) is 11.6. The molecule has 3 N–H and O–H groups in total. The molecular weight excluding hydrogens is 509 g/mol. The fourth-order valence-corrected chi connectivity index (χ4v) is 4.29. The first-order chi connectivity index (χ1) is 16.8. The lowest BCUT2D eigenvalue weighted by molar-refractivity contribution is -0.118. The van der Waals surface area contributed by atoms with Crippen LogP contribution in [0.15, 0.2) is 70.2 Å². The van der Waals surface area contributed by atoms with Gasteiger partial charge in [0.1, 0.15) is 11.6 Å². The van der Waals surface area contributed by atoms with E-state index in [0.717, 1.165) is 11.1 Å². The molecule has 1 heterocycles. The number of benzene rings is 3. The Morgan fingerprint density at radius 3 is 2.60 bits per heavy atom.